The van der Waals surface area contributed by atoms with Crippen molar-refractivity contribution in [1.29, 1.82) is 0 Å². The molecular weight excluding hydrogens is 555 g/mol. The number of amides is 2. The summed E-state index contributed by atoms with van der Waals surface area (Å²) in [7, 11) is 0. The predicted octanol–water partition coefficient (Wildman–Crippen LogP) is 7.95. The van der Waals surface area contributed by atoms with Crippen LogP contribution in [-0.4, -0.2) is 17.6 Å². The number of hydrogen-bond acceptors (Lipinski definition) is 3. The minimum absolute atomic E-state index is 0.0649. The molecule has 0 saturated carbocycles. The summed E-state index contributed by atoms with van der Waals surface area (Å²) >= 11 is 18.5. The van der Waals surface area contributed by atoms with Crippen molar-refractivity contribution in [2.24, 2.45) is 0 Å². The average molecular weight is 576 g/mol. The molecule has 2 amide bonds. The van der Waals surface area contributed by atoms with Gasteiger partial charge in [-0.15, -0.1) is 0 Å². The molecule has 0 heterocycles. The lowest BCUT2D eigenvalue weighted by Crippen LogP contribution is -2.30. The van der Waals surface area contributed by atoms with Gasteiger partial charge in [-0.05, 0) is 78.4 Å². The van der Waals surface area contributed by atoms with Gasteiger partial charge in [-0.3, -0.25) is 14.4 Å². The molecule has 4 rings (SSSR count). The maximum atomic E-state index is 13.2. The quantitative estimate of drug-likeness (QED) is 0.165. The van der Waals surface area contributed by atoms with Crippen LogP contribution in [0.4, 0.5) is 5.69 Å². The summed E-state index contributed by atoms with van der Waals surface area (Å²) in [5, 5.41) is 6.63. The van der Waals surface area contributed by atoms with Gasteiger partial charge in [-0.25, -0.2) is 0 Å². The molecule has 0 aromatic heterocycles. The molecule has 0 fully saturated rings. The van der Waals surface area contributed by atoms with Crippen molar-refractivity contribution in [3.05, 3.63) is 146 Å². The molecule has 0 bridgehead atoms. The molecule has 0 aliphatic heterocycles. The molecule has 39 heavy (non-hydrogen) atoms. The molecule has 4 aromatic rings. The Bertz CT molecular complexity index is 1540. The molecule has 0 radical (unpaired) electrons. The van der Waals surface area contributed by atoms with Gasteiger partial charge in [0.1, 0.15) is 5.70 Å². The standard InChI is InChI=1S/C31H21Cl3N2O3/c32-23-14-9-20(10-15-23)11-18-29(37)21-12-16-24(17-13-21)35-31(39)28(19-25-26(33)7-4-8-27(25)34)36-30(38)22-5-2-1-3-6-22/h1-19H,(H,35,39)(H,36,38)/b18-11+,28-19-. The molecule has 5 nitrogen and oxygen atoms in total. The second-order valence-corrected chi connectivity index (χ2v) is 9.54. The highest BCUT2D eigenvalue weighted by atomic mass is 35.5. The van der Waals surface area contributed by atoms with E-state index in [0.29, 0.717) is 37.4 Å². The van der Waals surface area contributed by atoms with Crippen LogP contribution >= 0.6 is 34.8 Å². The Morgan fingerprint density at radius 3 is 1.95 bits per heavy atom. The van der Waals surface area contributed by atoms with Crippen LogP contribution in [-0.2, 0) is 4.79 Å². The van der Waals surface area contributed by atoms with Crippen LogP contribution in [0.15, 0.2) is 109 Å². The lowest BCUT2D eigenvalue weighted by atomic mass is 10.1. The first kappa shape index (κ1) is 27.9. The highest BCUT2D eigenvalue weighted by Gasteiger charge is 2.17. The van der Waals surface area contributed by atoms with E-state index in [1.54, 1.807) is 91.0 Å². The minimum atomic E-state index is -0.600. The Kier molecular flexibility index (Phi) is 9.34. The van der Waals surface area contributed by atoms with Gasteiger partial charge in [0, 0.05) is 37.4 Å². The first-order valence-corrected chi connectivity index (χ1v) is 12.8. The number of anilines is 1. The lowest BCUT2D eigenvalue weighted by molar-refractivity contribution is -0.113. The normalized spacial score (nSPS) is 11.3. The van der Waals surface area contributed by atoms with Crippen molar-refractivity contribution >= 4 is 70.2 Å². The Balaban J connectivity index is 1.52. The van der Waals surface area contributed by atoms with Crippen molar-refractivity contribution in [1.82, 2.24) is 5.32 Å². The van der Waals surface area contributed by atoms with Gasteiger partial charge in [-0.1, -0.05) is 77.3 Å². The molecule has 0 aliphatic carbocycles. The van der Waals surface area contributed by atoms with Crippen molar-refractivity contribution in [2.75, 3.05) is 5.32 Å². The molecule has 4 aromatic carbocycles. The van der Waals surface area contributed by atoms with Gasteiger partial charge in [0.2, 0.25) is 0 Å². The Morgan fingerprint density at radius 2 is 1.31 bits per heavy atom. The van der Waals surface area contributed by atoms with Crippen LogP contribution < -0.4 is 10.6 Å². The molecular formula is C31H21Cl3N2O3. The number of rotatable bonds is 8. The second-order valence-electron chi connectivity index (χ2n) is 8.29. The molecule has 2 N–H and O–H groups in total. The number of halogens is 3. The molecule has 0 spiro atoms. The summed E-state index contributed by atoms with van der Waals surface area (Å²) in [6.07, 6.45) is 4.57. The van der Waals surface area contributed by atoms with Crippen molar-refractivity contribution < 1.29 is 14.4 Å². The third kappa shape index (κ3) is 7.68. The summed E-state index contributed by atoms with van der Waals surface area (Å²) in [5.41, 5.74) is 2.39. The van der Waals surface area contributed by atoms with Gasteiger partial charge in [-0.2, -0.15) is 0 Å². The summed E-state index contributed by atoms with van der Waals surface area (Å²) in [6, 6.07) is 26.9. The van der Waals surface area contributed by atoms with E-state index in [2.05, 4.69) is 10.6 Å². The third-order valence-corrected chi connectivity index (χ3v) is 6.45. The fourth-order valence-corrected chi connectivity index (χ4v) is 4.13. The summed E-state index contributed by atoms with van der Waals surface area (Å²) in [5.74, 6) is -1.28. The topological polar surface area (TPSA) is 75.3 Å². The molecule has 0 atom stereocenters. The zero-order valence-corrected chi connectivity index (χ0v) is 22.6. The number of carbonyl (C=O) groups excluding carboxylic acids is 3. The van der Waals surface area contributed by atoms with Gasteiger partial charge < -0.3 is 10.6 Å². The van der Waals surface area contributed by atoms with Gasteiger partial charge >= 0.3 is 0 Å². The number of allylic oxidation sites excluding steroid dienone is 1. The third-order valence-electron chi connectivity index (χ3n) is 5.54. The highest BCUT2D eigenvalue weighted by molar-refractivity contribution is 6.37. The van der Waals surface area contributed by atoms with Crippen LogP contribution in [0.3, 0.4) is 0 Å². The highest BCUT2D eigenvalue weighted by Crippen LogP contribution is 2.27. The molecule has 0 saturated heterocycles. The average Bonchev–Trinajstić information content (AvgIpc) is 2.94. The van der Waals surface area contributed by atoms with E-state index in [9.17, 15) is 14.4 Å². The first-order chi connectivity index (χ1) is 18.8. The monoisotopic (exact) mass is 574 g/mol. The second kappa shape index (κ2) is 13.1. The molecule has 8 heteroatoms. The summed E-state index contributed by atoms with van der Waals surface area (Å²) < 4.78 is 0. The van der Waals surface area contributed by atoms with E-state index in [1.807, 2.05) is 12.1 Å². The minimum Gasteiger partial charge on any atom is -0.321 e. The van der Waals surface area contributed by atoms with E-state index in [-0.39, 0.29) is 11.5 Å². The largest absolute Gasteiger partial charge is 0.321 e. The predicted molar refractivity (Wildman–Crippen MR) is 158 cm³/mol. The van der Waals surface area contributed by atoms with E-state index in [4.69, 9.17) is 34.8 Å². The SMILES string of the molecule is O=C(Nc1ccc(C(=O)/C=C/c2ccc(Cl)cc2)cc1)/C(=C/c1c(Cl)cccc1Cl)NC(=O)c1ccccc1. The van der Waals surface area contributed by atoms with E-state index >= 15 is 0 Å². The maximum absolute atomic E-state index is 13.2. The van der Waals surface area contributed by atoms with E-state index < -0.39 is 11.8 Å². The maximum Gasteiger partial charge on any atom is 0.272 e. The van der Waals surface area contributed by atoms with E-state index in [1.165, 1.54) is 12.2 Å². The zero-order valence-electron chi connectivity index (χ0n) is 20.3. The molecule has 0 unspecified atom stereocenters. The van der Waals surface area contributed by atoms with Crippen molar-refractivity contribution in [3.63, 3.8) is 0 Å². The number of ketones is 1. The zero-order chi connectivity index (χ0) is 27.8. The van der Waals surface area contributed by atoms with Gasteiger partial charge in [0.25, 0.3) is 11.8 Å². The Morgan fingerprint density at radius 1 is 0.667 bits per heavy atom. The number of nitrogens with one attached hydrogen (secondary N) is 2. The summed E-state index contributed by atoms with van der Waals surface area (Å²) in [4.78, 5) is 38.6. The van der Waals surface area contributed by atoms with Crippen LogP contribution in [0.5, 0.6) is 0 Å². The van der Waals surface area contributed by atoms with Crippen LogP contribution in [0.2, 0.25) is 15.1 Å². The number of carbonyl (C=O) groups is 3. The molecule has 0 aliphatic rings. The fourth-order valence-electron chi connectivity index (χ4n) is 3.49. The van der Waals surface area contributed by atoms with Crippen LogP contribution in [0.25, 0.3) is 12.2 Å². The van der Waals surface area contributed by atoms with Gasteiger partial charge in [0.15, 0.2) is 5.78 Å². The Labute approximate surface area is 240 Å². The van der Waals surface area contributed by atoms with Crippen LogP contribution in [0.1, 0.15) is 31.8 Å². The van der Waals surface area contributed by atoms with Crippen molar-refractivity contribution in [3.8, 4) is 0 Å². The Hall–Kier alpha value is -4.16. The van der Waals surface area contributed by atoms with Crippen LogP contribution in [0, 0.1) is 0 Å². The number of benzene rings is 4. The van der Waals surface area contributed by atoms with Gasteiger partial charge in [0.05, 0.1) is 0 Å². The smallest absolute Gasteiger partial charge is 0.272 e. The molecule has 194 valence electrons. The summed E-state index contributed by atoms with van der Waals surface area (Å²) in [6.45, 7) is 0. The fraction of sp³-hybridized carbons (Fsp3) is 0. The van der Waals surface area contributed by atoms with Crippen molar-refractivity contribution in [2.45, 2.75) is 0 Å². The number of hydrogen-bond donors (Lipinski definition) is 2. The first-order valence-electron chi connectivity index (χ1n) is 11.7. The van der Waals surface area contributed by atoms with E-state index in [0.717, 1.165) is 5.56 Å². The lowest BCUT2D eigenvalue weighted by Gasteiger charge is -2.12.